The molecule has 0 aliphatic heterocycles. The summed E-state index contributed by atoms with van der Waals surface area (Å²) in [6.07, 6.45) is 1.24. The number of amides is 1. The SMILES string of the molecule is CCOc1ccc(CN(C)C(=O)c2ccc(F)nc2)cc1. The van der Waals surface area contributed by atoms with Gasteiger partial charge in [0.2, 0.25) is 5.95 Å². The van der Waals surface area contributed by atoms with Crippen molar-refractivity contribution in [3.63, 3.8) is 0 Å². The van der Waals surface area contributed by atoms with E-state index in [0.29, 0.717) is 18.7 Å². The summed E-state index contributed by atoms with van der Waals surface area (Å²) in [6, 6.07) is 10.2. The van der Waals surface area contributed by atoms with E-state index in [2.05, 4.69) is 4.98 Å². The highest BCUT2D eigenvalue weighted by molar-refractivity contribution is 5.93. The van der Waals surface area contributed by atoms with Gasteiger partial charge in [0.15, 0.2) is 0 Å². The van der Waals surface area contributed by atoms with Gasteiger partial charge < -0.3 is 9.64 Å². The van der Waals surface area contributed by atoms with Gasteiger partial charge in [-0.05, 0) is 36.8 Å². The third-order valence-electron chi connectivity index (χ3n) is 2.98. The normalized spacial score (nSPS) is 10.2. The fraction of sp³-hybridized carbons (Fsp3) is 0.250. The Morgan fingerprint density at radius 1 is 1.24 bits per heavy atom. The average Bonchev–Trinajstić information content (AvgIpc) is 2.49. The van der Waals surface area contributed by atoms with Crippen LogP contribution in [0.3, 0.4) is 0 Å². The molecule has 0 unspecified atom stereocenters. The van der Waals surface area contributed by atoms with Crippen LogP contribution in [-0.2, 0) is 6.54 Å². The van der Waals surface area contributed by atoms with Gasteiger partial charge in [-0.2, -0.15) is 4.39 Å². The highest BCUT2D eigenvalue weighted by Crippen LogP contribution is 2.14. The summed E-state index contributed by atoms with van der Waals surface area (Å²) in [5.74, 6) is 0.00932. The van der Waals surface area contributed by atoms with Crippen LogP contribution in [0.4, 0.5) is 4.39 Å². The Morgan fingerprint density at radius 3 is 2.52 bits per heavy atom. The highest BCUT2D eigenvalue weighted by Gasteiger charge is 2.12. The summed E-state index contributed by atoms with van der Waals surface area (Å²) in [6.45, 7) is 3.01. The summed E-state index contributed by atoms with van der Waals surface area (Å²) < 4.78 is 18.1. The van der Waals surface area contributed by atoms with E-state index in [1.165, 1.54) is 18.3 Å². The molecule has 2 aromatic rings. The lowest BCUT2D eigenvalue weighted by Crippen LogP contribution is -2.26. The van der Waals surface area contributed by atoms with Crippen LogP contribution in [0.1, 0.15) is 22.8 Å². The number of halogens is 1. The minimum absolute atomic E-state index is 0.198. The molecule has 5 heteroatoms. The molecule has 0 spiro atoms. The van der Waals surface area contributed by atoms with Crippen molar-refractivity contribution in [1.29, 1.82) is 0 Å². The number of rotatable bonds is 5. The van der Waals surface area contributed by atoms with Gasteiger partial charge in [0.1, 0.15) is 5.75 Å². The van der Waals surface area contributed by atoms with Crippen molar-refractivity contribution in [3.8, 4) is 5.75 Å². The van der Waals surface area contributed by atoms with Crippen LogP contribution in [-0.4, -0.2) is 29.4 Å². The number of nitrogens with zero attached hydrogens (tertiary/aromatic N) is 2. The zero-order valence-corrected chi connectivity index (χ0v) is 12.0. The van der Waals surface area contributed by atoms with Gasteiger partial charge in [-0.1, -0.05) is 12.1 Å². The molecule has 0 bridgehead atoms. The molecule has 1 heterocycles. The number of ether oxygens (including phenoxy) is 1. The molecular formula is C16H17FN2O2. The molecule has 2 rings (SSSR count). The van der Waals surface area contributed by atoms with E-state index < -0.39 is 5.95 Å². The monoisotopic (exact) mass is 288 g/mol. The summed E-state index contributed by atoms with van der Waals surface area (Å²) in [5.41, 5.74) is 1.36. The van der Waals surface area contributed by atoms with Crippen molar-refractivity contribution in [2.24, 2.45) is 0 Å². The first-order valence-electron chi connectivity index (χ1n) is 6.69. The summed E-state index contributed by atoms with van der Waals surface area (Å²) in [7, 11) is 1.70. The minimum Gasteiger partial charge on any atom is -0.494 e. The average molecular weight is 288 g/mol. The topological polar surface area (TPSA) is 42.4 Å². The fourth-order valence-corrected chi connectivity index (χ4v) is 1.93. The van der Waals surface area contributed by atoms with Gasteiger partial charge in [0, 0.05) is 19.8 Å². The van der Waals surface area contributed by atoms with Crippen LogP contribution in [0, 0.1) is 5.95 Å². The maximum absolute atomic E-state index is 12.8. The van der Waals surface area contributed by atoms with Crippen LogP contribution in [0.15, 0.2) is 42.6 Å². The van der Waals surface area contributed by atoms with Crippen molar-refractivity contribution in [2.75, 3.05) is 13.7 Å². The second-order valence-electron chi connectivity index (χ2n) is 4.61. The Balaban J connectivity index is 2.01. The Bertz CT molecular complexity index is 597. The number of pyridine rings is 1. The molecule has 0 saturated heterocycles. The van der Waals surface area contributed by atoms with Crippen molar-refractivity contribution < 1.29 is 13.9 Å². The zero-order valence-electron chi connectivity index (χ0n) is 12.0. The smallest absolute Gasteiger partial charge is 0.255 e. The molecule has 0 N–H and O–H groups in total. The third kappa shape index (κ3) is 4.02. The van der Waals surface area contributed by atoms with Crippen LogP contribution < -0.4 is 4.74 Å². The lowest BCUT2D eigenvalue weighted by Gasteiger charge is -2.17. The molecular weight excluding hydrogens is 271 g/mol. The second-order valence-corrected chi connectivity index (χ2v) is 4.61. The largest absolute Gasteiger partial charge is 0.494 e. The van der Waals surface area contributed by atoms with Gasteiger partial charge in [0.25, 0.3) is 5.91 Å². The summed E-state index contributed by atoms with van der Waals surface area (Å²) >= 11 is 0. The Hall–Kier alpha value is -2.43. The van der Waals surface area contributed by atoms with Gasteiger partial charge >= 0.3 is 0 Å². The van der Waals surface area contributed by atoms with E-state index in [0.717, 1.165) is 11.3 Å². The highest BCUT2D eigenvalue weighted by atomic mass is 19.1. The van der Waals surface area contributed by atoms with E-state index in [-0.39, 0.29) is 5.91 Å². The van der Waals surface area contributed by atoms with E-state index in [1.807, 2.05) is 31.2 Å². The van der Waals surface area contributed by atoms with Crippen molar-refractivity contribution in [1.82, 2.24) is 9.88 Å². The minimum atomic E-state index is -0.597. The predicted molar refractivity (Wildman–Crippen MR) is 77.6 cm³/mol. The maximum atomic E-state index is 12.8. The molecule has 1 aromatic heterocycles. The van der Waals surface area contributed by atoms with E-state index in [4.69, 9.17) is 4.74 Å². The van der Waals surface area contributed by atoms with Crippen molar-refractivity contribution in [2.45, 2.75) is 13.5 Å². The number of carbonyl (C=O) groups is 1. The molecule has 0 fully saturated rings. The lowest BCUT2D eigenvalue weighted by molar-refractivity contribution is 0.0784. The second kappa shape index (κ2) is 6.83. The standard InChI is InChI=1S/C16H17FN2O2/c1-3-21-14-7-4-12(5-8-14)11-19(2)16(20)13-6-9-15(17)18-10-13/h4-10H,3,11H2,1-2H3. The lowest BCUT2D eigenvalue weighted by atomic mass is 10.2. The molecule has 0 aliphatic carbocycles. The number of hydrogen-bond acceptors (Lipinski definition) is 3. The van der Waals surface area contributed by atoms with E-state index in [9.17, 15) is 9.18 Å². The van der Waals surface area contributed by atoms with Crippen molar-refractivity contribution in [3.05, 3.63) is 59.7 Å². The van der Waals surface area contributed by atoms with Crippen molar-refractivity contribution >= 4 is 5.91 Å². The summed E-state index contributed by atoms with van der Waals surface area (Å²) in [5, 5.41) is 0. The number of hydrogen-bond donors (Lipinski definition) is 0. The van der Waals surface area contributed by atoms with Gasteiger partial charge in [-0.25, -0.2) is 4.98 Å². The Labute approximate surface area is 123 Å². The van der Waals surface area contributed by atoms with Gasteiger partial charge in [0.05, 0.1) is 12.2 Å². The number of carbonyl (C=O) groups excluding carboxylic acids is 1. The molecule has 21 heavy (non-hydrogen) atoms. The maximum Gasteiger partial charge on any atom is 0.255 e. The molecule has 1 amide bonds. The Kier molecular flexibility index (Phi) is 4.87. The quantitative estimate of drug-likeness (QED) is 0.794. The van der Waals surface area contributed by atoms with Crippen LogP contribution in [0.25, 0.3) is 0 Å². The van der Waals surface area contributed by atoms with Gasteiger partial charge in [-0.15, -0.1) is 0 Å². The van der Waals surface area contributed by atoms with Crippen LogP contribution in [0.5, 0.6) is 5.75 Å². The third-order valence-corrected chi connectivity index (χ3v) is 2.98. The Morgan fingerprint density at radius 2 is 1.95 bits per heavy atom. The number of aromatic nitrogens is 1. The molecule has 0 aliphatic rings. The first kappa shape index (κ1) is 15.0. The molecule has 110 valence electrons. The van der Waals surface area contributed by atoms with Crippen LogP contribution >= 0.6 is 0 Å². The molecule has 0 saturated carbocycles. The fourth-order valence-electron chi connectivity index (χ4n) is 1.93. The van der Waals surface area contributed by atoms with E-state index >= 15 is 0 Å². The molecule has 4 nitrogen and oxygen atoms in total. The summed E-state index contributed by atoms with van der Waals surface area (Å²) in [4.78, 5) is 17.2. The first-order chi connectivity index (χ1) is 10.1. The molecule has 0 radical (unpaired) electrons. The zero-order chi connectivity index (χ0) is 15.2. The molecule has 1 aromatic carbocycles. The predicted octanol–water partition coefficient (Wildman–Crippen LogP) is 2.89. The van der Waals surface area contributed by atoms with Crippen LogP contribution in [0.2, 0.25) is 0 Å². The van der Waals surface area contributed by atoms with Gasteiger partial charge in [-0.3, -0.25) is 4.79 Å². The number of benzene rings is 1. The van der Waals surface area contributed by atoms with E-state index in [1.54, 1.807) is 11.9 Å². The first-order valence-corrected chi connectivity index (χ1v) is 6.69. The molecule has 0 atom stereocenters.